The van der Waals surface area contributed by atoms with Crippen molar-refractivity contribution >= 4 is 11.8 Å². The monoisotopic (exact) mass is 281 g/mol. The molecule has 0 spiro atoms. The lowest BCUT2D eigenvalue weighted by Crippen LogP contribution is -2.13. The van der Waals surface area contributed by atoms with E-state index in [-0.39, 0.29) is 0 Å². The highest BCUT2D eigenvalue weighted by molar-refractivity contribution is 5.84. The Bertz CT molecular complexity index is 573. The van der Waals surface area contributed by atoms with Crippen LogP contribution in [0.2, 0.25) is 0 Å². The molecule has 0 aromatic heterocycles. The van der Waals surface area contributed by atoms with E-state index in [9.17, 15) is 4.79 Å². The van der Waals surface area contributed by atoms with Crippen LogP contribution in [-0.4, -0.2) is 12.7 Å². The van der Waals surface area contributed by atoms with Gasteiger partial charge in [0.2, 0.25) is 0 Å². The van der Waals surface area contributed by atoms with Gasteiger partial charge in [-0.3, -0.25) is 5.32 Å². The SMILES string of the molecule is [CH2]CCOC(=O)Nc1ccc(Cc2ccc([CH2])cc2)cc1. The Hall–Kier alpha value is -2.29. The molecule has 0 saturated heterocycles. The largest absolute Gasteiger partial charge is 0.449 e. The predicted octanol–water partition coefficient (Wildman–Crippen LogP) is 4.23. The molecule has 1 N–H and O–H groups in total. The fourth-order valence-corrected chi connectivity index (χ4v) is 1.92. The normalized spacial score (nSPS) is 10.2. The van der Waals surface area contributed by atoms with Crippen LogP contribution in [0.1, 0.15) is 23.1 Å². The minimum absolute atomic E-state index is 0.326. The van der Waals surface area contributed by atoms with Crippen LogP contribution < -0.4 is 5.32 Å². The third kappa shape index (κ3) is 4.95. The molecule has 3 heteroatoms. The summed E-state index contributed by atoms with van der Waals surface area (Å²) in [7, 11) is 0. The third-order valence-electron chi connectivity index (χ3n) is 3.01. The summed E-state index contributed by atoms with van der Waals surface area (Å²) in [6.45, 7) is 7.81. The Kier molecular flexibility index (Phi) is 5.38. The van der Waals surface area contributed by atoms with Crippen LogP contribution in [-0.2, 0) is 11.2 Å². The molecule has 2 radical (unpaired) electrons. The van der Waals surface area contributed by atoms with Crippen molar-refractivity contribution in [2.45, 2.75) is 12.8 Å². The molecule has 0 aliphatic carbocycles. The van der Waals surface area contributed by atoms with Crippen LogP contribution in [0.15, 0.2) is 48.5 Å². The van der Waals surface area contributed by atoms with Gasteiger partial charge in [0, 0.05) is 5.69 Å². The molecule has 2 rings (SSSR count). The van der Waals surface area contributed by atoms with Gasteiger partial charge >= 0.3 is 6.09 Å². The number of hydrogen-bond donors (Lipinski definition) is 1. The second kappa shape index (κ2) is 7.48. The average molecular weight is 281 g/mol. The Morgan fingerprint density at radius 2 is 1.57 bits per heavy atom. The number of carbonyl (C=O) groups excluding carboxylic acids is 1. The zero-order valence-corrected chi connectivity index (χ0v) is 12.0. The highest BCUT2D eigenvalue weighted by Crippen LogP contribution is 2.14. The van der Waals surface area contributed by atoms with E-state index < -0.39 is 6.09 Å². The lowest BCUT2D eigenvalue weighted by atomic mass is 10.0. The van der Waals surface area contributed by atoms with Gasteiger partial charge < -0.3 is 4.74 Å². The lowest BCUT2D eigenvalue weighted by Gasteiger charge is -2.07. The quantitative estimate of drug-likeness (QED) is 0.890. The van der Waals surface area contributed by atoms with Crippen LogP contribution in [0.3, 0.4) is 0 Å². The molecule has 2 aromatic rings. The van der Waals surface area contributed by atoms with E-state index in [0.29, 0.717) is 13.0 Å². The fraction of sp³-hybridized carbons (Fsp3) is 0.167. The lowest BCUT2D eigenvalue weighted by molar-refractivity contribution is 0.163. The number of benzene rings is 2. The predicted molar refractivity (Wildman–Crippen MR) is 85.1 cm³/mol. The molecule has 0 aliphatic rings. The van der Waals surface area contributed by atoms with Crippen LogP contribution in [0.4, 0.5) is 10.5 Å². The molecular formula is C18H19NO2. The van der Waals surface area contributed by atoms with Gasteiger partial charge in [-0.2, -0.15) is 0 Å². The van der Waals surface area contributed by atoms with Crippen LogP contribution in [0.25, 0.3) is 0 Å². The van der Waals surface area contributed by atoms with Gasteiger partial charge in [0.15, 0.2) is 0 Å². The highest BCUT2D eigenvalue weighted by Gasteiger charge is 2.02. The fourth-order valence-electron chi connectivity index (χ4n) is 1.92. The average Bonchev–Trinajstić information content (AvgIpc) is 2.49. The zero-order chi connectivity index (χ0) is 15.1. The number of hydrogen-bond acceptors (Lipinski definition) is 2. The third-order valence-corrected chi connectivity index (χ3v) is 3.01. The molecule has 1 amide bonds. The van der Waals surface area contributed by atoms with Gasteiger partial charge in [-0.1, -0.05) is 36.4 Å². The van der Waals surface area contributed by atoms with Gasteiger partial charge in [0.1, 0.15) is 0 Å². The van der Waals surface area contributed by atoms with Crippen LogP contribution >= 0.6 is 0 Å². The van der Waals surface area contributed by atoms with Gasteiger partial charge in [-0.25, -0.2) is 4.79 Å². The minimum atomic E-state index is -0.447. The molecule has 0 aliphatic heterocycles. The van der Waals surface area contributed by atoms with E-state index in [0.717, 1.165) is 17.7 Å². The summed E-state index contributed by atoms with van der Waals surface area (Å²) < 4.78 is 4.91. The minimum Gasteiger partial charge on any atom is -0.449 e. The van der Waals surface area contributed by atoms with Crippen molar-refractivity contribution in [2.24, 2.45) is 0 Å². The van der Waals surface area contributed by atoms with Crippen molar-refractivity contribution in [3.8, 4) is 0 Å². The Balaban J connectivity index is 1.92. The van der Waals surface area contributed by atoms with E-state index in [1.54, 1.807) is 0 Å². The molecule has 0 atom stereocenters. The first-order valence-corrected chi connectivity index (χ1v) is 6.90. The molecule has 3 nitrogen and oxygen atoms in total. The first kappa shape index (κ1) is 15.1. The second-order valence-electron chi connectivity index (χ2n) is 4.80. The number of ether oxygens (including phenoxy) is 1. The topological polar surface area (TPSA) is 38.3 Å². The Morgan fingerprint density at radius 3 is 2.14 bits per heavy atom. The summed E-state index contributed by atoms with van der Waals surface area (Å²) in [4.78, 5) is 11.4. The van der Waals surface area contributed by atoms with E-state index in [1.165, 1.54) is 11.1 Å². The van der Waals surface area contributed by atoms with Gasteiger partial charge in [-0.15, -0.1) is 0 Å². The maximum absolute atomic E-state index is 11.4. The van der Waals surface area contributed by atoms with Crippen LogP contribution in [0.5, 0.6) is 0 Å². The summed E-state index contributed by atoms with van der Waals surface area (Å²) in [5, 5.41) is 2.68. The van der Waals surface area contributed by atoms with E-state index in [4.69, 9.17) is 4.74 Å². The molecule has 0 unspecified atom stereocenters. The molecule has 0 heterocycles. The van der Waals surface area contributed by atoms with E-state index in [1.807, 2.05) is 36.4 Å². The summed E-state index contributed by atoms with van der Waals surface area (Å²) in [6, 6.07) is 15.9. The van der Waals surface area contributed by atoms with Crippen molar-refractivity contribution in [2.75, 3.05) is 11.9 Å². The number of carbonyl (C=O) groups is 1. The van der Waals surface area contributed by atoms with Crippen molar-refractivity contribution < 1.29 is 9.53 Å². The standard InChI is InChI=1S/C18H19NO2/c1-3-12-21-18(20)19-17-10-8-16(9-11-17)13-15-6-4-14(2)5-7-15/h4-11H,1-3,12-13H2,(H,19,20). The highest BCUT2D eigenvalue weighted by atomic mass is 16.5. The van der Waals surface area contributed by atoms with Gasteiger partial charge in [0.05, 0.1) is 6.61 Å². The first-order chi connectivity index (χ1) is 10.2. The summed E-state index contributed by atoms with van der Waals surface area (Å²) in [5.74, 6) is 0. The first-order valence-electron chi connectivity index (χ1n) is 6.90. The molecule has 21 heavy (non-hydrogen) atoms. The maximum Gasteiger partial charge on any atom is 0.411 e. The van der Waals surface area contributed by atoms with Crippen molar-refractivity contribution in [3.63, 3.8) is 0 Å². The molecule has 0 bridgehead atoms. The van der Waals surface area contributed by atoms with Crippen molar-refractivity contribution in [1.82, 2.24) is 0 Å². The number of nitrogens with one attached hydrogen (secondary N) is 1. The zero-order valence-electron chi connectivity index (χ0n) is 12.0. The van der Waals surface area contributed by atoms with E-state index >= 15 is 0 Å². The van der Waals surface area contributed by atoms with Crippen molar-refractivity contribution in [1.29, 1.82) is 0 Å². The number of amides is 1. The second-order valence-corrected chi connectivity index (χ2v) is 4.80. The van der Waals surface area contributed by atoms with E-state index in [2.05, 4.69) is 31.3 Å². The number of anilines is 1. The molecular weight excluding hydrogens is 262 g/mol. The molecule has 2 aromatic carbocycles. The molecule has 0 fully saturated rings. The molecule has 0 saturated carbocycles. The van der Waals surface area contributed by atoms with Gasteiger partial charge in [0.25, 0.3) is 0 Å². The number of rotatable bonds is 5. The smallest absolute Gasteiger partial charge is 0.411 e. The Labute approximate surface area is 126 Å². The van der Waals surface area contributed by atoms with Crippen LogP contribution in [0, 0.1) is 13.8 Å². The molecule has 108 valence electrons. The summed E-state index contributed by atoms with van der Waals surface area (Å²) in [5.41, 5.74) is 4.15. The Morgan fingerprint density at radius 1 is 1.00 bits per heavy atom. The maximum atomic E-state index is 11.4. The summed E-state index contributed by atoms with van der Waals surface area (Å²) >= 11 is 0. The van der Waals surface area contributed by atoms with Gasteiger partial charge in [-0.05, 0) is 55.5 Å². The summed E-state index contributed by atoms with van der Waals surface area (Å²) in [6.07, 6.45) is 0.975. The van der Waals surface area contributed by atoms with Crippen molar-refractivity contribution in [3.05, 3.63) is 79.1 Å².